The maximum atomic E-state index is 12.1. The fraction of sp³-hybridized carbons (Fsp3) is 0.588. The number of hydrogen-bond donors (Lipinski definition) is 0. The van der Waals surface area contributed by atoms with Crippen molar-refractivity contribution in [3.05, 3.63) is 29.8 Å². The molecule has 1 aromatic rings. The van der Waals surface area contributed by atoms with Gasteiger partial charge in [0.25, 0.3) is 0 Å². The van der Waals surface area contributed by atoms with E-state index in [1.54, 1.807) is 11.9 Å². The maximum absolute atomic E-state index is 12.1. The predicted octanol–water partition coefficient (Wildman–Crippen LogP) is 3.43. The van der Waals surface area contributed by atoms with Crippen molar-refractivity contribution < 1.29 is 17.9 Å². The zero-order chi connectivity index (χ0) is 17.2. The van der Waals surface area contributed by atoms with Gasteiger partial charge in [0.2, 0.25) is 0 Å². The van der Waals surface area contributed by atoms with Crippen molar-refractivity contribution >= 4 is 17.2 Å². The summed E-state index contributed by atoms with van der Waals surface area (Å²) in [4.78, 5) is 14.2. The molecule has 1 aromatic carbocycles. The third kappa shape index (κ3) is 5.04. The van der Waals surface area contributed by atoms with Crippen LogP contribution in [0.5, 0.6) is 0 Å². The molecule has 0 spiro atoms. The van der Waals surface area contributed by atoms with Crippen LogP contribution >= 0.6 is 0 Å². The molecule has 1 aliphatic rings. The second-order valence-corrected chi connectivity index (χ2v) is 8.12. The third-order valence-corrected chi connectivity index (χ3v) is 4.84. The quantitative estimate of drug-likeness (QED) is 0.843. The van der Waals surface area contributed by atoms with Gasteiger partial charge in [0.1, 0.15) is 5.60 Å². The van der Waals surface area contributed by atoms with Gasteiger partial charge in [0.05, 0.1) is 11.0 Å². The molecule has 0 saturated heterocycles. The molecule has 0 aliphatic heterocycles. The summed E-state index contributed by atoms with van der Waals surface area (Å²) in [6.45, 7) is 7.51. The van der Waals surface area contributed by atoms with E-state index in [-0.39, 0.29) is 18.2 Å². The Balaban J connectivity index is 1.79. The van der Waals surface area contributed by atoms with E-state index in [9.17, 15) is 9.00 Å². The van der Waals surface area contributed by atoms with Crippen molar-refractivity contribution in [2.45, 2.75) is 63.2 Å². The molecular formula is C17H25NO4S. The summed E-state index contributed by atoms with van der Waals surface area (Å²) in [7, 11) is 1.73. The van der Waals surface area contributed by atoms with Crippen molar-refractivity contribution in [1.29, 1.82) is 0 Å². The molecule has 0 aromatic heterocycles. The smallest absolute Gasteiger partial charge is 0.410 e. The van der Waals surface area contributed by atoms with Crippen LogP contribution in [-0.4, -0.2) is 40.0 Å². The lowest BCUT2D eigenvalue weighted by molar-refractivity contribution is -0.00592. The molecule has 1 fully saturated rings. The van der Waals surface area contributed by atoms with E-state index in [2.05, 4.69) is 0 Å². The second kappa shape index (κ2) is 7.01. The molecule has 6 heteroatoms. The van der Waals surface area contributed by atoms with Crippen LogP contribution in [0.1, 0.15) is 39.2 Å². The van der Waals surface area contributed by atoms with Gasteiger partial charge in [-0.2, -0.15) is 0 Å². The normalized spacial score (nSPS) is 22.1. The minimum Gasteiger partial charge on any atom is -0.444 e. The van der Waals surface area contributed by atoms with Crippen LogP contribution in [-0.2, 0) is 20.0 Å². The van der Waals surface area contributed by atoms with Crippen molar-refractivity contribution in [3.8, 4) is 0 Å². The number of rotatable bonds is 4. The highest BCUT2D eigenvalue weighted by molar-refractivity contribution is 7.80. The Bertz CT molecular complexity index is 573. The van der Waals surface area contributed by atoms with Gasteiger partial charge in [-0.15, -0.1) is 0 Å². The van der Waals surface area contributed by atoms with Crippen LogP contribution in [0.15, 0.2) is 29.2 Å². The number of hydrogen-bond acceptors (Lipinski definition) is 4. The molecular weight excluding hydrogens is 314 g/mol. The molecule has 1 amide bonds. The topological polar surface area (TPSA) is 55.8 Å². The average molecular weight is 339 g/mol. The van der Waals surface area contributed by atoms with Crippen LogP contribution in [0, 0.1) is 6.92 Å². The van der Waals surface area contributed by atoms with E-state index < -0.39 is 16.7 Å². The summed E-state index contributed by atoms with van der Waals surface area (Å²) in [6.07, 6.45) is 0.924. The number of carbonyl (C=O) groups is 1. The fourth-order valence-electron chi connectivity index (χ4n) is 2.24. The lowest BCUT2D eigenvalue weighted by Crippen LogP contribution is -2.50. The molecule has 2 rings (SSSR count). The Morgan fingerprint density at radius 2 is 1.78 bits per heavy atom. The molecule has 128 valence electrons. The van der Waals surface area contributed by atoms with Crippen molar-refractivity contribution in [2.75, 3.05) is 7.05 Å². The number of nitrogens with zero attached hydrogens (tertiary/aromatic N) is 1. The number of amides is 1. The van der Waals surface area contributed by atoms with Gasteiger partial charge < -0.3 is 9.64 Å². The Morgan fingerprint density at radius 1 is 1.22 bits per heavy atom. The highest BCUT2D eigenvalue weighted by atomic mass is 32.2. The fourth-order valence-corrected chi connectivity index (χ4v) is 3.12. The zero-order valence-corrected chi connectivity index (χ0v) is 15.2. The van der Waals surface area contributed by atoms with Gasteiger partial charge in [-0.1, -0.05) is 17.7 Å². The predicted molar refractivity (Wildman–Crippen MR) is 89.5 cm³/mol. The minimum atomic E-state index is -1.46. The van der Waals surface area contributed by atoms with Crippen LogP contribution < -0.4 is 0 Å². The van der Waals surface area contributed by atoms with E-state index in [1.807, 2.05) is 52.0 Å². The van der Waals surface area contributed by atoms with E-state index in [4.69, 9.17) is 8.92 Å². The van der Waals surface area contributed by atoms with Crippen molar-refractivity contribution in [2.24, 2.45) is 0 Å². The summed E-state index contributed by atoms with van der Waals surface area (Å²) >= 11 is -1.46. The number of ether oxygens (including phenoxy) is 1. The lowest BCUT2D eigenvalue weighted by atomic mass is 9.89. The molecule has 0 bridgehead atoms. The molecule has 23 heavy (non-hydrogen) atoms. The first-order valence-electron chi connectivity index (χ1n) is 7.77. The van der Waals surface area contributed by atoms with E-state index in [0.717, 1.165) is 5.56 Å². The summed E-state index contributed by atoms with van der Waals surface area (Å²) in [5, 5.41) is 0. The van der Waals surface area contributed by atoms with Gasteiger partial charge in [-0.25, -0.2) is 9.00 Å². The Morgan fingerprint density at radius 3 is 2.30 bits per heavy atom. The first-order chi connectivity index (χ1) is 10.7. The first-order valence-corrected chi connectivity index (χ1v) is 8.84. The van der Waals surface area contributed by atoms with Gasteiger partial charge in [-0.05, 0) is 52.7 Å². The summed E-state index contributed by atoms with van der Waals surface area (Å²) in [6, 6.07) is 7.53. The largest absolute Gasteiger partial charge is 0.444 e. The standard InChI is InChI=1S/C17H25NO4S/c1-12-6-8-15(9-7-12)23(20)22-14-10-13(11-14)18(5)16(19)21-17(2,3)4/h6-9,13-14H,10-11H2,1-5H3/t13-,14+,23?. The van der Waals surface area contributed by atoms with Gasteiger partial charge >= 0.3 is 6.09 Å². The molecule has 1 unspecified atom stereocenters. The van der Waals surface area contributed by atoms with Gasteiger partial charge in [-0.3, -0.25) is 4.18 Å². The minimum absolute atomic E-state index is 0.0740. The highest BCUT2D eigenvalue weighted by Gasteiger charge is 2.37. The maximum Gasteiger partial charge on any atom is 0.410 e. The first kappa shape index (κ1) is 17.9. The summed E-state index contributed by atoms with van der Waals surface area (Å²) < 4.78 is 23.0. The zero-order valence-electron chi connectivity index (χ0n) is 14.4. The molecule has 1 saturated carbocycles. The Kier molecular flexibility index (Phi) is 5.47. The number of benzene rings is 1. The number of carbonyl (C=O) groups excluding carboxylic acids is 1. The van der Waals surface area contributed by atoms with Crippen molar-refractivity contribution in [3.63, 3.8) is 0 Å². The molecule has 0 N–H and O–H groups in total. The van der Waals surface area contributed by atoms with E-state index in [1.165, 1.54) is 0 Å². The molecule has 1 aliphatic carbocycles. The van der Waals surface area contributed by atoms with Gasteiger partial charge in [0, 0.05) is 13.1 Å². The lowest BCUT2D eigenvalue weighted by Gasteiger charge is -2.40. The van der Waals surface area contributed by atoms with Crippen molar-refractivity contribution in [1.82, 2.24) is 4.90 Å². The summed E-state index contributed by atoms with van der Waals surface area (Å²) in [5.74, 6) is 0. The molecule has 0 heterocycles. The summed E-state index contributed by atoms with van der Waals surface area (Å²) in [5.41, 5.74) is 0.617. The van der Waals surface area contributed by atoms with Crippen LogP contribution in [0.2, 0.25) is 0 Å². The van der Waals surface area contributed by atoms with Crippen LogP contribution in [0.3, 0.4) is 0 Å². The van der Waals surface area contributed by atoms with Crippen LogP contribution in [0.4, 0.5) is 4.79 Å². The van der Waals surface area contributed by atoms with Gasteiger partial charge in [0.15, 0.2) is 11.1 Å². The third-order valence-electron chi connectivity index (χ3n) is 3.74. The molecule has 1 atom stereocenters. The Labute approximate surface area is 140 Å². The van der Waals surface area contributed by atoms with E-state index >= 15 is 0 Å². The monoisotopic (exact) mass is 339 g/mol. The molecule has 5 nitrogen and oxygen atoms in total. The highest BCUT2D eigenvalue weighted by Crippen LogP contribution is 2.30. The molecule has 0 radical (unpaired) electrons. The Hall–Kier alpha value is -1.40. The second-order valence-electron chi connectivity index (χ2n) is 6.98. The van der Waals surface area contributed by atoms with Crippen LogP contribution in [0.25, 0.3) is 0 Å². The SMILES string of the molecule is Cc1ccc(S(=O)O[C@H]2C[C@@H](N(C)C(=O)OC(C)(C)C)C2)cc1. The average Bonchev–Trinajstić information content (AvgIpc) is 2.40. The number of aryl methyl sites for hydroxylation is 1. The van der Waals surface area contributed by atoms with E-state index in [0.29, 0.717) is 17.7 Å².